The smallest absolute Gasteiger partial charge is 0.416 e. The van der Waals surface area contributed by atoms with E-state index in [2.05, 4.69) is 4.98 Å². The Balaban J connectivity index is 1.91. The first-order chi connectivity index (χ1) is 19.1. The van der Waals surface area contributed by atoms with Crippen molar-refractivity contribution in [2.45, 2.75) is 25.4 Å². The monoisotopic (exact) mass is 586 g/mol. The standard InChI is InChI=1S/C23H16F6N6O6/c1-2-41-21(36)33-10-9-32(16-6-4-14(23(27,28)29)12-18(16)35(39)40)20(33)19-30-7-8-31(19)15-5-3-13(22(24,25)26)11-17(15)34(37)38/h3-12,20H,2H2,1H3. The van der Waals surface area contributed by atoms with Crippen LogP contribution in [0.5, 0.6) is 0 Å². The Morgan fingerprint density at radius 1 is 0.927 bits per heavy atom. The number of carbonyl (C=O) groups is 1. The molecule has 0 saturated heterocycles. The van der Waals surface area contributed by atoms with Crippen molar-refractivity contribution in [1.82, 2.24) is 14.5 Å². The maximum absolute atomic E-state index is 13.3. The van der Waals surface area contributed by atoms with Crippen LogP contribution in [0.25, 0.3) is 5.69 Å². The summed E-state index contributed by atoms with van der Waals surface area (Å²) < 4.78 is 85.6. The van der Waals surface area contributed by atoms with E-state index in [4.69, 9.17) is 4.74 Å². The van der Waals surface area contributed by atoms with Crippen LogP contribution in [0.4, 0.5) is 48.2 Å². The van der Waals surface area contributed by atoms with Crippen LogP contribution in [-0.2, 0) is 17.1 Å². The van der Waals surface area contributed by atoms with E-state index in [1.807, 2.05) is 0 Å². The summed E-state index contributed by atoms with van der Waals surface area (Å²) in [6, 6.07) is 3.34. The average Bonchev–Trinajstić information content (AvgIpc) is 3.54. The number of nitro benzene ring substituents is 2. The van der Waals surface area contributed by atoms with E-state index < -0.39 is 68.3 Å². The molecular weight excluding hydrogens is 570 g/mol. The summed E-state index contributed by atoms with van der Waals surface area (Å²) in [6.07, 6.45) is -7.97. The fourth-order valence-corrected chi connectivity index (χ4v) is 4.08. The lowest BCUT2D eigenvalue weighted by Crippen LogP contribution is -2.37. The van der Waals surface area contributed by atoms with Gasteiger partial charge in [-0.2, -0.15) is 26.3 Å². The van der Waals surface area contributed by atoms with E-state index in [9.17, 15) is 51.4 Å². The van der Waals surface area contributed by atoms with Crippen molar-refractivity contribution in [2.24, 2.45) is 0 Å². The molecule has 1 atom stereocenters. The van der Waals surface area contributed by atoms with Crippen LogP contribution >= 0.6 is 0 Å². The van der Waals surface area contributed by atoms with Gasteiger partial charge in [-0.15, -0.1) is 0 Å². The summed E-state index contributed by atoms with van der Waals surface area (Å²) in [5, 5.41) is 23.5. The molecule has 1 aliphatic heterocycles. The first-order valence-corrected chi connectivity index (χ1v) is 11.3. The van der Waals surface area contributed by atoms with Gasteiger partial charge in [-0.3, -0.25) is 29.7 Å². The van der Waals surface area contributed by atoms with E-state index in [0.717, 1.165) is 51.3 Å². The molecule has 1 unspecified atom stereocenters. The molecule has 2 heterocycles. The lowest BCUT2D eigenvalue weighted by Gasteiger charge is -2.30. The number of halogens is 6. The molecule has 12 nitrogen and oxygen atoms in total. The summed E-state index contributed by atoms with van der Waals surface area (Å²) in [6.45, 7) is 1.34. The van der Waals surface area contributed by atoms with Gasteiger partial charge in [0.05, 0.1) is 27.6 Å². The van der Waals surface area contributed by atoms with E-state index in [0.29, 0.717) is 24.3 Å². The third-order valence-corrected chi connectivity index (χ3v) is 5.83. The first-order valence-electron chi connectivity index (χ1n) is 11.3. The number of amides is 1. The largest absolute Gasteiger partial charge is 0.449 e. The summed E-state index contributed by atoms with van der Waals surface area (Å²) in [5.74, 6) is -0.278. The van der Waals surface area contributed by atoms with Crippen LogP contribution in [0.3, 0.4) is 0 Å². The Bertz CT molecular complexity index is 1550. The number of rotatable bonds is 6. The van der Waals surface area contributed by atoms with Crippen LogP contribution in [0.2, 0.25) is 0 Å². The molecule has 0 N–H and O–H groups in total. The summed E-state index contributed by atoms with van der Waals surface area (Å²) >= 11 is 0. The lowest BCUT2D eigenvalue weighted by molar-refractivity contribution is -0.384. The van der Waals surface area contributed by atoms with Crippen LogP contribution in [0.1, 0.15) is 30.0 Å². The summed E-state index contributed by atoms with van der Waals surface area (Å²) in [7, 11) is 0. The van der Waals surface area contributed by atoms with E-state index in [1.54, 1.807) is 0 Å². The SMILES string of the molecule is CCOC(=O)N1C=CN(c2ccc(C(F)(F)F)cc2[N+](=O)[O-])C1c1nccn1-c1ccc(C(F)(F)F)cc1[N+](=O)[O-]. The minimum atomic E-state index is -4.92. The maximum Gasteiger partial charge on any atom is 0.416 e. The lowest BCUT2D eigenvalue weighted by atomic mass is 10.1. The number of ether oxygens (including phenoxy) is 1. The van der Waals surface area contributed by atoms with Gasteiger partial charge in [0.25, 0.3) is 11.4 Å². The van der Waals surface area contributed by atoms with Crippen molar-refractivity contribution in [2.75, 3.05) is 11.5 Å². The molecule has 0 saturated carbocycles. The van der Waals surface area contributed by atoms with Gasteiger partial charge < -0.3 is 9.64 Å². The number of anilines is 1. The molecule has 0 bridgehead atoms. The molecule has 216 valence electrons. The Morgan fingerprint density at radius 3 is 1.98 bits per heavy atom. The zero-order valence-corrected chi connectivity index (χ0v) is 20.5. The van der Waals surface area contributed by atoms with Crippen LogP contribution < -0.4 is 4.90 Å². The first kappa shape index (κ1) is 28.8. The van der Waals surface area contributed by atoms with Gasteiger partial charge in [0.1, 0.15) is 11.4 Å². The predicted molar refractivity (Wildman–Crippen MR) is 127 cm³/mol. The molecule has 1 amide bonds. The molecule has 0 spiro atoms. The number of nitro groups is 2. The second-order valence-electron chi connectivity index (χ2n) is 8.26. The topological polar surface area (TPSA) is 137 Å². The highest BCUT2D eigenvalue weighted by atomic mass is 19.4. The number of imidazole rings is 1. The second-order valence-corrected chi connectivity index (χ2v) is 8.26. The Kier molecular flexibility index (Phi) is 7.34. The van der Waals surface area contributed by atoms with E-state index in [-0.39, 0.29) is 12.4 Å². The normalized spacial score (nSPS) is 15.3. The van der Waals surface area contributed by atoms with Crippen molar-refractivity contribution in [3.05, 3.63) is 98.4 Å². The molecular formula is C23H16F6N6O6. The van der Waals surface area contributed by atoms with Crippen molar-refractivity contribution >= 4 is 23.2 Å². The van der Waals surface area contributed by atoms with Gasteiger partial charge >= 0.3 is 18.4 Å². The number of aromatic nitrogens is 2. The molecule has 0 aliphatic carbocycles. The molecule has 0 radical (unpaired) electrons. The Morgan fingerprint density at radius 2 is 1.46 bits per heavy atom. The highest BCUT2D eigenvalue weighted by molar-refractivity contribution is 5.75. The average molecular weight is 586 g/mol. The zero-order valence-electron chi connectivity index (χ0n) is 20.5. The molecule has 2 aromatic carbocycles. The predicted octanol–water partition coefficient (Wildman–Crippen LogP) is 6.17. The molecule has 1 aliphatic rings. The second kappa shape index (κ2) is 10.4. The van der Waals surface area contributed by atoms with Crippen LogP contribution in [0.15, 0.2) is 61.2 Å². The number of carbonyl (C=O) groups excluding carboxylic acids is 1. The van der Waals surface area contributed by atoms with E-state index in [1.165, 1.54) is 6.92 Å². The Labute approximate surface area is 225 Å². The van der Waals surface area contributed by atoms with Crippen molar-refractivity contribution in [3.8, 4) is 5.69 Å². The van der Waals surface area contributed by atoms with Crippen LogP contribution in [-0.4, -0.2) is 37.0 Å². The van der Waals surface area contributed by atoms with Crippen molar-refractivity contribution in [3.63, 3.8) is 0 Å². The minimum absolute atomic E-state index is 0.130. The summed E-state index contributed by atoms with van der Waals surface area (Å²) in [4.78, 5) is 40.1. The molecule has 18 heteroatoms. The number of hydrogen-bond donors (Lipinski definition) is 0. The molecule has 41 heavy (non-hydrogen) atoms. The molecule has 0 fully saturated rings. The summed E-state index contributed by atoms with van der Waals surface area (Å²) in [5.41, 5.74) is -5.46. The molecule has 4 rings (SSSR count). The van der Waals surface area contributed by atoms with Gasteiger partial charge in [0, 0.05) is 36.9 Å². The highest BCUT2D eigenvalue weighted by Crippen LogP contribution is 2.43. The van der Waals surface area contributed by atoms with Crippen LogP contribution in [0, 0.1) is 20.2 Å². The van der Waals surface area contributed by atoms with Crippen molar-refractivity contribution in [1.29, 1.82) is 0 Å². The number of benzene rings is 2. The number of nitrogens with zero attached hydrogens (tertiary/aromatic N) is 6. The fraction of sp³-hybridized carbons (Fsp3) is 0.217. The quantitative estimate of drug-likeness (QED) is 0.190. The number of alkyl halides is 6. The Hall–Kier alpha value is -5.16. The fourth-order valence-electron chi connectivity index (χ4n) is 4.08. The number of hydrogen-bond acceptors (Lipinski definition) is 8. The van der Waals surface area contributed by atoms with Crippen molar-refractivity contribution < 1.29 is 45.7 Å². The third-order valence-electron chi connectivity index (χ3n) is 5.83. The van der Waals surface area contributed by atoms with Gasteiger partial charge in [-0.1, -0.05) is 0 Å². The van der Waals surface area contributed by atoms with Gasteiger partial charge in [-0.25, -0.2) is 9.78 Å². The van der Waals surface area contributed by atoms with Gasteiger partial charge in [0.2, 0.25) is 0 Å². The highest BCUT2D eigenvalue weighted by Gasteiger charge is 2.42. The zero-order chi connectivity index (χ0) is 30.3. The maximum atomic E-state index is 13.3. The van der Waals surface area contributed by atoms with Gasteiger partial charge in [-0.05, 0) is 31.2 Å². The minimum Gasteiger partial charge on any atom is -0.449 e. The van der Waals surface area contributed by atoms with E-state index >= 15 is 0 Å². The molecule has 1 aromatic heterocycles. The molecule has 3 aromatic rings. The van der Waals surface area contributed by atoms with Gasteiger partial charge in [0.15, 0.2) is 12.0 Å². The third kappa shape index (κ3) is 5.48.